The van der Waals surface area contributed by atoms with Gasteiger partial charge in [-0.1, -0.05) is 12.1 Å². The van der Waals surface area contributed by atoms with E-state index in [0.717, 1.165) is 5.56 Å². The summed E-state index contributed by atoms with van der Waals surface area (Å²) in [5.41, 5.74) is 1.13. The number of rotatable bonds is 3. The number of pyridine rings is 1. The molecule has 2 aromatic rings. The molecule has 0 unspecified atom stereocenters. The second-order valence-corrected chi connectivity index (χ2v) is 5.47. The van der Waals surface area contributed by atoms with Crippen molar-refractivity contribution in [2.24, 2.45) is 0 Å². The van der Waals surface area contributed by atoms with Gasteiger partial charge in [-0.2, -0.15) is 0 Å². The Morgan fingerprint density at radius 3 is 2.78 bits per heavy atom. The summed E-state index contributed by atoms with van der Waals surface area (Å²) in [7, 11) is 1.45. The predicted octanol–water partition coefficient (Wildman–Crippen LogP) is 2.18. The van der Waals surface area contributed by atoms with Gasteiger partial charge in [0.1, 0.15) is 11.4 Å². The standard InChI is InChI=1S/C17H17FN2O3/c1-23-16-14(3-2-8-19-16)17(22)20-10-13(21)9-15(20)11-4-6-12(18)7-5-11/h2-8,13,15,21H,9-10H2,1H3/t13-,15+/m0/s1. The van der Waals surface area contributed by atoms with E-state index in [1.165, 1.54) is 19.2 Å². The molecule has 1 N–H and O–H groups in total. The van der Waals surface area contributed by atoms with Crippen molar-refractivity contribution in [3.05, 3.63) is 59.5 Å². The number of amides is 1. The lowest BCUT2D eigenvalue weighted by Gasteiger charge is -2.25. The Morgan fingerprint density at radius 2 is 2.09 bits per heavy atom. The Morgan fingerprint density at radius 1 is 1.35 bits per heavy atom. The zero-order chi connectivity index (χ0) is 16.4. The summed E-state index contributed by atoms with van der Waals surface area (Å²) in [4.78, 5) is 18.5. The number of hydrogen-bond donors (Lipinski definition) is 1. The third-order valence-corrected chi connectivity index (χ3v) is 3.99. The molecule has 1 aliphatic heterocycles. The third-order valence-electron chi connectivity index (χ3n) is 3.99. The second-order valence-electron chi connectivity index (χ2n) is 5.47. The molecule has 3 rings (SSSR count). The Hall–Kier alpha value is -2.47. The minimum absolute atomic E-state index is 0.221. The number of benzene rings is 1. The van der Waals surface area contributed by atoms with Crippen LogP contribution in [-0.2, 0) is 0 Å². The number of hydrogen-bond acceptors (Lipinski definition) is 4. The maximum absolute atomic E-state index is 13.1. The summed E-state index contributed by atoms with van der Waals surface area (Å²) in [5, 5.41) is 9.99. The van der Waals surface area contributed by atoms with Crippen LogP contribution in [0.4, 0.5) is 4.39 Å². The molecule has 0 saturated carbocycles. The molecule has 5 nitrogen and oxygen atoms in total. The highest BCUT2D eigenvalue weighted by Gasteiger charge is 2.36. The van der Waals surface area contributed by atoms with Crippen LogP contribution in [-0.4, -0.2) is 40.7 Å². The summed E-state index contributed by atoms with van der Waals surface area (Å²) in [5.74, 6) is -0.350. The molecule has 2 heterocycles. The SMILES string of the molecule is COc1ncccc1C(=O)N1C[C@@H](O)C[C@@H]1c1ccc(F)cc1. The molecule has 1 fully saturated rings. The van der Waals surface area contributed by atoms with Crippen LogP contribution >= 0.6 is 0 Å². The van der Waals surface area contributed by atoms with Crippen molar-refractivity contribution in [1.82, 2.24) is 9.88 Å². The Balaban J connectivity index is 1.93. The molecular weight excluding hydrogens is 299 g/mol. The maximum atomic E-state index is 13.1. The first-order valence-electron chi connectivity index (χ1n) is 7.33. The molecule has 0 aliphatic carbocycles. The van der Waals surface area contributed by atoms with Crippen LogP contribution in [0.15, 0.2) is 42.6 Å². The number of likely N-dealkylation sites (tertiary alicyclic amines) is 1. The summed E-state index contributed by atoms with van der Waals surface area (Å²) < 4.78 is 18.3. The minimum Gasteiger partial charge on any atom is -0.480 e. The average Bonchev–Trinajstić information content (AvgIpc) is 2.96. The number of aliphatic hydroxyl groups is 1. The van der Waals surface area contributed by atoms with Crippen LogP contribution in [0, 0.1) is 5.82 Å². The van der Waals surface area contributed by atoms with E-state index in [0.29, 0.717) is 12.0 Å². The fourth-order valence-corrected chi connectivity index (χ4v) is 2.91. The van der Waals surface area contributed by atoms with E-state index in [1.54, 1.807) is 35.4 Å². The first-order valence-corrected chi connectivity index (χ1v) is 7.33. The van der Waals surface area contributed by atoms with Gasteiger partial charge in [0.25, 0.3) is 5.91 Å². The molecular formula is C17H17FN2O3. The van der Waals surface area contributed by atoms with Crippen LogP contribution in [0.25, 0.3) is 0 Å². The molecule has 6 heteroatoms. The van der Waals surface area contributed by atoms with Crippen LogP contribution in [0.5, 0.6) is 5.88 Å². The van der Waals surface area contributed by atoms with Gasteiger partial charge in [0.15, 0.2) is 0 Å². The van der Waals surface area contributed by atoms with Crippen LogP contribution in [0.2, 0.25) is 0 Å². The molecule has 1 aliphatic rings. The number of carbonyl (C=O) groups is 1. The molecule has 120 valence electrons. The lowest BCUT2D eigenvalue weighted by atomic mass is 10.0. The number of ether oxygens (including phenoxy) is 1. The van der Waals surface area contributed by atoms with Crippen molar-refractivity contribution in [2.45, 2.75) is 18.6 Å². The molecule has 2 atom stereocenters. The van der Waals surface area contributed by atoms with Gasteiger partial charge in [0, 0.05) is 12.7 Å². The highest BCUT2D eigenvalue weighted by Crippen LogP contribution is 2.34. The zero-order valence-electron chi connectivity index (χ0n) is 12.6. The lowest BCUT2D eigenvalue weighted by Crippen LogP contribution is -2.32. The van der Waals surface area contributed by atoms with Gasteiger partial charge in [-0.25, -0.2) is 9.37 Å². The quantitative estimate of drug-likeness (QED) is 0.943. The number of aliphatic hydroxyl groups excluding tert-OH is 1. The largest absolute Gasteiger partial charge is 0.480 e. The van der Waals surface area contributed by atoms with Crippen molar-refractivity contribution in [3.8, 4) is 5.88 Å². The molecule has 0 radical (unpaired) electrons. The molecule has 1 amide bonds. The number of nitrogens with zero attached hydrogens (tertiary/aromatic N) is 2. The fourth-order valence-electron chi connectivity index (χ4n) is 2.91. The van der Waals surface area contributed by atoms with E-state index >= 15 is 0 Å². The van der Waals surface area contributed by atoms with Gasteiger partial charge in [0.05, 0.1) is 19.3 Å². The molecule has 23 heavy (non-hydrogen) atoms. The molecule has 0 bridgehead atoms. The number of carbonyl (C=O) groups excluding carboxylic acids is 1. The smallest absolute Gasteiger partial charge is 0.259 e. The average molecular weight is 316 g/mol. The predicted molar refractivity (Wildman–Crippen MR) is 81.6 cm³/mol. The van der Waals surface area contributed by atoms with Gasteiger partial charge in [0.2, 0.25) is 5.88 Å². The Bertz CT molecular complexity index is 705. The topological polar surface area (TPSA) is 62.7 Å². The van der Waals surface area contributed by atoms with E-state index in [-0.39, 0.29) is 30.2 Å². The fraction of sp³-hybridized carbons (Fsp3) is 0.294. The highest BCUT2D eigenvalue weighted by atomic mass is 19.1. The van der Waals surface area contributed by atoms with Crippen molar-refractivity contribution >= 4 is 5.91 Å². The summed E-state index contributed by atoms with van der Waals surface area (Å²) >= 11 is 0. The van der Waals surface area contributed by atoms with Crippen molar-refractivity contribution in [1.29, 1.82) is 0 Å². The van der Waals surface area contributed by atoms with Crippen molar-refractivity contribution < 1.29 is 19.0 Å². The number of methoxy groups -OCH3 is 1. The summed E-state index contributed by atoms with van der Waals surface area (Å²) in [6, 6.07) is 8.98. The van der Waals surface area contributed by atoms with E-state index in [9.17, 15) is 14.3 Å². The number of halogens is 1. The minimum atomic E-state index is -0.614. The van der Waals surface area contributed by atoms with Gasteiger partial charge in [-0.15, -0.1) is 0 Å². The van der Waals surface area contributed by atoms with E-state index in [4.69, 9.17) is 4.74 Å². The molecule has 1 aromatic carbocycles. The second kappa shape index (κ2) is 6.34. The molecule has 0 spiro atoms. The van der Waals surface area contributed by atoms with Gasteiger partial charge in [-0.3, -0.25) is 4.79 Å². The zero-order valence-corrected chi connectivity index (χ0v) is 12.6. The highest BCUT2D eigenvalue weighted by molar-refractivity contribution is 5.96. The van der Waals surface area contributed by atoms with Crippen molar-refractivity contribution in [3.63, 3.8) is 0 Å². The van der Waals surface area contributed by atoms with Gasteiger partial charge in [-0.05, 0) is 36.2 Å². The summed E-state index contributed by atoms with van der Waals surface area (Å²) in [6.07, 6.45) is 1.35. The molecule has 1 aromatic heterocycles. The third kappa shape index (κ3) is 3.03. The molecule has 1 saturated heterocycles. The lowest BCUT2D eigenvalue weighted by molar-refractivity contribution is 0.0711. The Kier molecular flexibility index (Phi) is 4.25. The summed E-state index contributed by atoms with van der Waals surface area (Å²) in [6.45, 7) is 0.221. The van der Waals surface area contributed by atoms with E-state index < -0.39 is 6.10 Å². The number of aromatic nitrogens is 1. The van der Waals surface area contributed by atoms with Crippen LogP contribution < -0.4 is 4.74 Å². The normalized spacial score (nSPS) is 20.6. The monoisotopic (exact) mass is 316 g/mol. The first kappa shape index (κ1) is 15.4. The number of β-amino-alcohol motifs (C(OH)–C–C–N with tert-alkyl or cyclic N) is 1. The van der Waals surface area contributed by atoms with Gasteiger partial charge < -0.3 is 14.7 Å². The van der Waals surface area contributed by atoms with E-state index in [1.807, 2.05) is 0 Å². The first-order chi connectivity index (χ1) is 11.1. The van der Waals surface area contributed by atoms with Crippen molar-refractivity contribution in [2.75, 3.05) is 13.7 Å². The Labute approximate surface area is 133 Å². The van der Waals surface area contributed by atoms with Gasteiger partial charge >= 0.3 is 0 Å². The van der Waals surface area contributed by atoms with Crippen LogP contribution in [0.3, 0.4) is 0 Å². The van der Waals surface area contributed by atoms with E-state index in [2.05, 4.69) is 4.98 Å². The van der Waals surface area contributed by atoms with Crippen LogP contribution in [0.1, 0.15) is 28.4 Å². The maximum Gasteiger partial charge on any atom is 0.259 e.